The third kappa shape index (κ3) is 3.73. The molecule has 0 heterocycles. The molecule has 0 saturated carbocycles. The molecule has 104 valence electrons. The van der Waals surface area contributed by atoms with Crippen LogP contribution in [0.4, 0.5) is 5.69 Å². The SMILES string of the molecule is C=Cc1ccc(NS(=O)(=O)c2cc(I)ccc2I)cc1. The molecule has 20 heavy (non-hydrogen) atoms. The Balaban J connectivity index is 2.35. The van der Waals surface area contributed by atoms with Crippen LogP contribution in [0.25, 0.3) is 6.08 Å². The van der Waals surface area contributed by atoms with E-state index in [1.54, 1.807) is 30.3 Å². The minimum Gasteiger partial charge on any atom is -0.280 e. The molecule has 0 radical (unpaired) electrons. The van der Waals surface area contributed by atoms with Gasteiger partial charge in [-0.1, -0.05) is 24.8 Å². The summed E-state index contributed by atoms with van der Waals surface area (Å²) in [7, 11) is -3.57. The molecular formula is C14H11I2NO2S. The standard InChI is InChI=1S/C14H11I2NO2S/c1-2-10-3-6-12(7-4-10)17-20(18,19)14-9-11(15)5-8-13(14)16/h2-9,17H,1H2. The molecule has 0 amide bonds. The van der Waals surface area contributed by atoms with Gasteiger partial charge in [-0.2, -0.15) is 0 Å². The van der Waals surface area contributed by atoms with E-state index in [2.05, 4.69) is 33.9 Å². The molecule has 0 atom stereocenters. The second kappa shape index (κ2) is 6.44. The van der Waals surface area contributed by atoms with Crippen molar-refractivity contribution in [3.63, 3.8) is 0 Å². The quantitative estimate of drug-likeness (QED) is 0.622. The van der Waals surface area contributed by atoms with Gasteiger partial charge in [0.05, 0.1) is 0 Å². The summed E-state index contributed by atoms with van der Waals surface area (Å²) >= 11 is 4.12. The van der Waals surface area contributed by atoms with Crippen LogP contribution in [0.3, 0.4) is 0 Å². The second-order valence-electron chi connectivity index (χ2n) is 4.01. The van der Waals surface area contributed by atoms with E-state index in [0.717, 1.165) is 9.13 Å². The maximum Gasteiger partial charge on any atom is 0.262 e. The zero-order chi connectivity index (χ0) is 14.8. The van der Waals surface area contributed by atoms with E-state index in [4.69, 9.17) is 0 Å². The van der Waals surface area contributed by atoms with Crippen LogP contribution >= 0.6 is 45.2 Å². The molecule has 0 fully saturated rings. The molecule has 0 aliphatic carbocycles. The van der Waals surface area contributed by atoms with Gasteiger partial charge in [-0.15, -0.1) is 0 Å². The number of nitrogens with one attached hydrogen (secondary N) is 1. The van der Waals surface area contributed by atoms with Crippen molar-refractivity contribution < 1.29 is 8.42 Å². The predicted octanol–water partition coefficient (Wildman–Crippen LogP) is 4.34. The Labute approximate surface area is 145 Å². The van der Waals surface area contributed by atoms with Crippen LogP contribution in [0.5, 0.6) is 0 Å². The van der Waals surface area contributed by atoms with Crippen LogP contribution in [-0.4, -0.2) is 8.42 Å². The normalized spacial score (nSPS) is 11.1. The van der Waals surface area contributed by atoms with Gasteiger partial charge in [-0.3, -0.25) is 4.72 Å². The Morgan fingerprint density at radius 1 is 1.05 bits per heavy atom. The second-order valence-corrected chi connectivity index (χ2v) is 8.07. The summed E-state index contributed by atoms with van der Waals surface area (Å²) in [6.45, 7) is 3.66. The third-order valence-electron chi connectivity index (χ3n) is 2.58. The first kappa shape index (κ1) is 15.8. The van der Waals surface area contributed by atoms with Crippen molar-refractivity contribution in [2.24, 2.45) is 0 Å². The molecule has 0 aromatic heterocycles. The van der Waals surface area contributed by atoms with Gasteiger partial charge in [-0.05, 0) is 81.1 Å². The lowest BCUT2D eigenvalue weighted by Gasteiger charge is -2.10. The summed E-state index contributed by atoms with van der Waals surface area (Å²) in [5, 5.41) is 0. The highest BCUT2D eigenvalue weighted by Gasteiger charge is 2.18. The first-order valence-electron chi connectivity index (χ1n) is 5.63. The number of hydrogen-bond donors (Lipinski definition) is 1. The Hall–Kier alpha value is -0.610. The molecule has 0 bridgehead atoms. The highest BCUT2D eigenvalue weighted by Crippen LogP contribution is 2.23. The van der Waals surface area contributed by atoms with E-state index in [0.29, 0.717) is 9.26 Å². The molecule has 2 aromatic rings. The number of hydrogen-bond acceptors (Lipinski definition) is 2. The number of halogens is 2. The van der Waals surface area contributed by atoms with Crippen LogP contribution in [0.15, 0.2) is 53.9 Å². The minimum atomic E-state index is -3.57. The van der Waals surface area contributed by atoms with E-state index in [1.807, 2.05) is 40.8 Å². The summed E-state index contributed by atoms with van der Waals surface area (Å²) in [6, 6.07) is 12.4. The van der Waals surface area contributed by atoms with Gasteiger partial charge < -0.3 is 0 Å². The molecule has 0 spiro atoms. The van der Waals surface area contributed by atoms with Gasteiger partial charge in [0.2, 0.25) is 0 Å². The Morgan fingerprint density at radius 2 is 1.70 bits per heavy atom. The molecule has 6 heteroatoms. The van der Waals surface area contributed by atoms with Crippen LogP contribution < -0.4 is 4.72 Å². The van der Waals surface area contributed by atoms with E-state index in [1.165, 1.54) is 0 Å². The predicted molar refractivity (Wildman–Crippen MR) is 99.2 cm³/mol. The van der Waals surface area contributed by atoms with Crippen LogP contribution in [0.1, 0.15) is 5.56 Å². The Kier molecular flexibility index (Phi) is 5.08. The average Bonchev–Trinajstić information content (AvgIpc) is 2.42. The van der Waals surface area contributed by atoms with Crippen LogP contribution in [-0.2, 0) is 10.0 Å². The van der Waals surface area contributed by atoms with Gasteiger partial charge >= 0.3 is 0 Å². The van der Waals surface area contributed by atoms with Crippen molar-refractivity contribution in [2.45, 2.75) is 4.90 Å². The van der Waals surface area contributed by atoms with Crippen molar-refractivity contribution in [3.05, 3.63) is 61.7 Å². The van der Waals surface area contributed by atoms with Crippen molar-refractivity contribution in [2.75, 3.05) is 4.72 Å². The Morgan fingerprint density at radius 3 is 2.30 bits per heavy atom. The lowest BCUT2D eigenvalue weighted by atomic mass is 10.2. The molecule has 2 aromatic carbocycles. The zero-order valence-corrected chi connectivity index (χ0v) is 15.4. The first-order chi connectivity index (χ1) is 9.42. The van der Waals surface area contributed by atoms with E-state index in [-0.39, 0.29) is 4.90 Å². The summed E-state index contributed by atoms with van der Waals surface area (Å²) in [5.74, 6) is 0. The third-order valence-corrected chi connectivity index (χ3v) is 5.98. The number of anilines is 1. The smallest absolute Gasteiger partial charge is 0.262 e. The highest BCUT2D eigenvalue weighted by atomic mass is 127. The summed E-state index contributed by atoms with van der Waals surface area (Å²) in [6.07, 6.45) is 1.71. The zero-order valence-electron chi connectivity index (χ0n) is 10.3. The summed E-state index contributed by atoms with van der Waals surface area (Å²) in [5.41, 5.74) is 1.47. The van der Waals surface area contributed by atoms with Crippen molar-refractivity contribution in [1.82, 2.24) is 0 Å². The monoisotopic (exact) mass is 511 g/mol. The molecule has 0 unspecified atom stereocenters. The van der Waals surface area contributed by atoms with E-state index in [9.17, 15) is 8.42 Å². The lowest BCUT2D eigenvalue weighted by molar-refractivity contribution is 0.600. The van der Waals surface area contributed by atoms with E-state index < -0.39 is 10.0 Å². The molecule has 0 aliphatic rings. The lowest BCUT2D eigenvalue weighted by Crippen LogP contribution is -2.14. The number of sulfonamides is 1. The van der Waals surface area contributed by atoms with Crippen molar-refractivity contribution in [3.8, 4) is 0 Å². The molecule has 1 N–H and O–H groups in total. The maximum absolute atomic E-state index is 12.4. The van der Waals surface area contributed by atoms with E-state index >= 15 is 0 Å². The average molecular weight is 511 g/mol. The van der Waals surface area contributed by atoms with Gasteiger partial charge in [0.1, 0.15) is 4.90 Å². The topological polar surface area (TPSA) is 46.2 Å². The maximum atomic E-state index is 12.4. The van der Waals surface area contributed by atoms with Gasteiger partial charge in [0.25, 0.3) is 10.0 Å². The summed E-state index contributed by atoms with van der Waals surface area (Å²) in [4.78, 5) is 0.290. The fraction of sp³-hybridized carbons (Fsp3) is 0. The van der Waals surface area contributed by atoms with Gasteiger partial charge in [0.15, 0.2) is 0 Å². The number of rotatable bonds is 4. The molecule has 3 nitrogen and oxygen atoms in total. The molecule has 0 saturated heterocycles. The molecule has 0 aliphatic heterocycles. The number of benzene rings is 2. The fourth-order valence-electron chi connectivity index (χ4n) is 1.58. The Bertz CT molecular complexity index is 740. The van der Waals surface area contributed by atoms with Crippen LogP contribution in [0.2, 0.25) is 0 Å². The first-order valence-corrected chi connectivity index (χ1v) is 9.27. The largest absolute Gasteiger partial charge is 0.280 e. The van der Waals surface area contributed by atoms with Gasteiger partial charge in [-0.25, -0.2) is 8.42 Å². The molecule has 2 rings (SSSR count). The molecular weight excluding hydrogens is 500 g/mol. The van der Waals surface area contributed by atoms with Crippen LogP contribution in [0, 0.1) is 7.14 Å². The fourth-order valence-corrected chi connectivity index (χ4v) is 4.65. The van der Waals surface area contributed by atoms with Crippen molar-refractivity contribution in [1.29, 1.82) is 0 Å². The highest BCUT2D eigenvalue weighted by molar-refractivity contribution is 14.1. The van der Waals surface area contributed by atoms with Crippen molar-refractivity contribution >= 4 is 67.0 Å². The minimum absolute atomic E-state index is 0.290. The van der Waals surface area contributed by atoms with Gasteiger partial charge in [0, 0.05) is 12.8 Å². The summed E-state index contributed by atoms with van der Waals surface area (Å²) < 4.78 is 28.9.